The molecule has 0 unspecified atom stereocenters. The number of ketones is 2. The van der Waals surface area contributed by atoms with Gasteiger partial charge in [-0.3, -0.25) is 30.8 Å². The lowest BCUT2D eigenvalue weighted by atomic mass is 9.74. The van der Waals surface area contributed by atoms with Crippen molar-refractivity contribution in [2.24, 2.45) is 23.3 Å². The maximum atomic E-state index is 15.2. The van der Waals surface area contributed by atoms with Crippen molar-refractivity contribution in [2.45, 2.75) is 119 Å². The Bertz CT molecular complexity index is 2810. The third kappa shape index (κ3) is 11.4. The van der Waals surface area contributed by atoms with Gasteiger partial charge in [0.05, 0.1) is 51.4 Å². The van der Waals surface area contributed by atoms with Crippen LogP contribution in [0.15, 0.2) is 71.6 Å². The van der Waals surface area contributed by atoms with Crippen molar-refractivity contribution in [3.8, 4) is 11.5 Å². The van der Waals surface area contributed by atoms with Crippen LogP contribution < -0.4 is 52.4 Å². The molecule has 0 aromatic heterocycles. The summed E-state index contributed by atoms with van der Waals surface area (Å²) < 4.78 is 33.4. The van der Waals surface area contributed by atoms with Gasteiger partial charge >= 0.3 is 0 Å². The van der Waals surface area contributed by atoms with Gasteiger partial charge in [0.15, 0.2) is 23.1 Å². The third-order valence-corrected chi connectivity index (χ3v) is 16.3. The Morgan fingerprint density at radius 2 is 1.76 bits per heavy atom. The number of amides is 1. The highest BCUT2D eigenvalue weighted by molar-refractivity contribution is 6.29. The summed E-state index contributed by atoms with van der Waals surface area (Å²) in [5, 5.41) is 83.0. The molecule has 3 aromatic rings. The maximum absolute atomic E-state index is 15.2. The minimum atomic E-state index is -1.73. The van der Waals surface area contributed by atoms with E-state index in [0.29, 0.717) is 48.1 Å². The number of fused-ring (bicyclic) bond motifs is 6. The number of anilines is 1. The second kappa shape index (κ2) is 24.9. The van der Waals surface area contributed by atoms with E-state index in [1.165, 1.54) is 12.1 Å². The first-order chi connectivity index (χ1) is 38.3. The zero-order chi connectivity index (χ0) is 55.5. The number of hydrogen-bond acceptors (Lipinski definition) is 22. The molecule has 1 amide bonds. The van der Waals surface area contributed by atoms with Crippen LogP contribution in [0.4, 0.5) is 5.69 Å². The number of para-hydroxylation sites is 1. The summed E-state index contributed by atoms with van der Waals surface area (Å²) in [6, 6.07) is 12.9. The Labute approximate surface area is 456 Å². The van der Waals surface area contributed by atoms with E-state index in [2.05, 4.69) is 26.6 Å². The fourth-order valence-electron chi connectivity index (χ4n) is 12.2. The molecule has 23 heteroatoms. The van der Waals surface area contributed by atoms with E-state index in [0.717, 1.165) is 36.8 Å². The predicted octanol–water partition coefficient (Wildman–Crippen LogP) is -1.09. The molecule has 15 N–H and O–H groups in total. The molecule has 3 saturated heterocycles. The summed E-state index contributed by atoms with van der Waals surface area (Å²) in [6.45, 7) is -1.26. The molecule has 426 valence electrons. The van der Waals surface area contributed by atoms with E-state index in [-0.39, 0.29) is 97.6 Å². The van der Waals surface area contributed by atoms with E-state index in [4.69, 9.17) is 35.2 Å². The third-order valence-electron chi connectivity index (χ3n) is 16.3. The molecule has 23 nitrogen and oxygen atoms in total. The number of rotatable bonds is 19. The van der Waals surface area contributed by atoms with Crippen molar-refractivity contribution >= 4 is 29.4 Å². The Morgan fingerprint density at radius 3 is 2.53 bits per heavy atom. The lowest BCUT2D eigenvalue weighted by Gasteiger charge is -2.43. The minimum Gasteiger partial charge on any atom is -0.486 e. The van der Waals surface area contributed by atoms with Gasteiger partial charge in [-0.05, 0) is 72.6 Å². The van der Waals surface area contributed by atoms with Crippen LogP contribution in [0.1, 0.15) is 99.4 Å². The fraction of sp³-hybridized carbons (Fsp3) is 0.536. The van der Waals surface area contributed by atoms with Crippen LogP contribution in [-0.4, -0.2) is 175 Å². The molecule has 10 rings (SSSR count). The van der Waals surface area contributed by atoms with E-state index in [1.807, 2.05) is 35.2 Å². The molecule has 4 fully saturated rings. The molecule has 5 heterocycles. The molecule has 2 aliphatic carbocycles. The zero-order valence-corrected chi connectivity index (χ0v) is 43.8. The number of nitrogens with zero attached hydrogens (tertiary/aromatic N) is 1. The summed E-state index contributed by atoms with van der Waals surface area (Å²) in [5.74, 6) is -3.91. The van der Waals surface area contributed by atoms with Crippen molar-refractivity contribution in [1.82, 2.24) is 26.6 Å². The van der Waals surface area contributed by atoms with Crippen molar-refractivity contribution in [2.75, 3.05) is 64.3 Å². The molecule has 0 spiro atoms. The van der Waals surface area contributed by atoms with Crippen molar-refractivity contribution in [3.05, 3.63) is 111 Å². The van der Waals surface area contributed by atoms with Gasteiger partial charge in [-0.25, -0.2) is 0 Å². The van der Waals surface area contributed by atoms with Gasteiger partial charge in [0.25, 0.3) is 0 Å². The summed E-state index contributed by atoms with van der Waals surface area (Å²) >= 11 is 0. The number of carbonyl (C=O) groups excluding carboxylic acids is 4. The van der Waals surface area contributed by atoms with E-state index < -0.39 is 104 Å². The topological polar surface area (TPSA) is 351 Å². The van der Waals surface area contributed by atoms with Gasteiger partial charge in [-0.15, -0.1) is 0 Å². The molecule has 79 heavy (non-hydrogen) atoms. The molecule has 1 saturated carbocycles. The number of nitrogens with one attached hydrogen (secondary N) is 5. The number of aliphatic hydroxyl groups excluding tert-OH is 6. The first-order valence-electron chi connectivity index (χ1n) is 27.3. The average molecular weight is 1100 g/mol. The molecular weight excluding hydrogens is 1020 g/mol. The Hall–Kier alpha value is -5.90. The van der Waals surface area contributed by atoms with Gasteiger partial charge in [-0.1, -0.05) is 43.2 Å². The lowest BCUT2D eigenvalue weighted by Crippen LogP contribution is -2.70. The van der Waals surface area contributed by atoms with Gasteiger partial charge in [0.1, 0.15) is 61.6 Å². The Balaban J connectivity index is 1.14. The smallest absolute Gasteiger partial charge is 0.242 e. The number of nitrogens with two attached hydrogens (primary N) is 2. The molecule has 12 atom stereocenters. The van der Waals surface area contributed by atoms with E-state index in [1.54, 1.807) is 12.1 Å². The van der Waals surface area contributed by atoms with Crippen molar-refractivity contribution in [1.29, 1.82) is 0 Å². The number of carbonyl (C=O) groups is 4. The van der Waals surface area contributed by atoms with E-state index >= 15 is 9.59 Å². The van der Waals surface area contributed by atoms with Crippen LogP contribution in [0.25, 0.3) is 0 Å². The largest absolute Gasteiger partial charge is 0.486 e. The molecule has 7 aliphatic rings. The second-order valence-corrected chi connectivity index (χ2v) is 21.3. The van der Waals surface area contributed by atoms with E-state index in [9.17, 15) is 40.2 Å². The van der Waals surface area contributed by atoms with Gasteiger partial charge in [-0.2, -0.15) is 0 Å². The molecule has 2 bridgehead atoms. The maximum Gasteiger partial charge on any atom is 0.242 e. The van der Waals surface area contributed by atoms with Crippen LogP contribution in [0.2, 0.25) is 0 Å². The normalized spacial score (nSPS) is 28.7. The molecule has 3 aromatic carbocycles. The average Bonchev–Trinajstić information content (AvgIpc) is 4.24. The van der Waals surface area contributed by atoms with Gasteiger partial charge < -0.3 is 85.7 Å². The minimum absolute atomic E-state index is 0.0446. The predicted molar refractivity (Wildman–Crippen MR) is 283 cm³/mol. The van der Waals surface area contributed by atoms with Crippen LogP contribution in [0.5, 0.6) is 11.5 Å². The quantitative estimate of drug-likeness (QED) is 0.0496. The number of dihydropyridines is 1. The number of hydrogen-bond donors (Lipinski definition) is 13. The molecule has 0 radical (unpaired) electrons. The lowest BCUT2D eigenvalue weighted by molar-refractivity contribution is -0.291. The monoisotopic (exact) mass is 1100 g/mol. The van der Waals surface area contributed by atoms with Gasteiger partial charge in [0.2, 0.25) is 12.2 Å². The number of ether oxygens (including phenoxy) is 5. The standard InChI is InChI=1S/C56H72N8O15/c57-52-39(20-60-31-7-1-2-8-31)33(13-15-59-52)30(22-68)24-76-51-48(73)47(72)41-26-75-23-29(6-5-16-65)42(35-9-3-4-10-40(35)64-27-61-44-53(64)62-56(58)63-54(44)74)38-19-37-43(46(71)36-18-28(21-67)11-12-34(36)45(37)70)50(49(38)79-55(51)78-41)77-25-32(69)14-17-66/h3-4,9-13,17-19,29-32,41-42,44,47-48,51,53,55-56,59-62,65,67-69,72-73H,1-2,5-8,14-16,20-27,57-58H2,(H,63,74)/t29-,30-,32+,41-,42-,44-,47-,48+,51-,53-,55+,56+/m0/s1. The van der Waals surface area contributed by atoms with Crippen molar-refractivity contribution in [3.63, 3.8) is 0 Å². The number of aldehydes is 1. The first kappa shape index (κ1) is 56.4. The summed E-state index contributed by atoms with van der Waals surface area (Å²) in [6.07, 6.45) is -3.86. The van der Waals surface area contributed by atoms with Crippen LogP contribution in [0, 0.1) is 11.8 Å². The number of aliphatic hydroxyl groups is 6. The molecule has 5 aliphatic heterocycles. The summed E-state index contributed by atoms with van der Waals surface area (Å²) in [5.41, 5.74) is 15.8. The fourth-order valence-corrected chi connectivity index (χ4v) is 12.2. The highest BCUT2D eigenvalue weighted by Crippen LogP contribution is 2.52. The Morgan fingerprint density at radius 1 is 0.949 bits per heavy atom. The highest BCUT2D eigenvalue weighted by atomic mass is 16.7. The van der Waals surface area contributed by atoms with Crippen LogP contribution in [-0.2, 0) is 30.4 Å². The summed E-state index contributed by atoms with van der Waals surface area (Å²) in [4.78, 5) is 57.4. The van der Waals surface area contributed by atoms with Crippen LogP contribution in [0.3, 0.4) is 0 Å². The van der Waals surface area contributed by atoms with Crippen LogP contribution >= 0.6 is 0 Å². The second-order valence-electron chi connectivity index (χ2n) is 21.3. The first-order valence-corrected chi connectivity index (χ1v) is 27.3. The highest BCUT2D eigenvalue weighted by Gasteiger charge is 2.50. The Kier molecular flexibility index (Phi) is 17.7. The summed E-state index contributed by atoms with van der Waals surface area (Å²) in [7, 11) is 0. The number of benzene rings is 3. The van der Waals surface area contributed by atoms with Crippen molar-refractivity contribution < 1.29 is 73.5 Å². The molecular formula is C56H72N8O15. The zero-order valence-electron chi connectivity index (χ0n) is 43.8. The SMILES string of the molecule is NC1=C(CNC2CCCC2)C([C@@H](CO)CO[C@@H]2[C@H]3Oc4c(cc5c(c4OC[C@H](O)CC=O)C(=O)c4cc(CO)ccc4C5=O)[C@H](c4ccccc4N4CN[C@@H]5C(=O)N[C@H](N)N[C@H]54)[C@@H](CCCO)COC[C@H](O3)[C@H](O)[C@H]2O)=CCN1. The van der Waals surface area contributed by atoms with Gasteiger partial charge in [0, 0.05) is 77.5 Å².